The zero-order valence-corrected chi connectivity index (χ0v) is 15.9. The van der Waals surface area contributed by atoms with Crippen LogP contribution in [0.3, 0.4) is 0 Å². The Morgan fingerprint density at radius 1 is 0.846 bits per heavy atom. The summed E-state index contributed by atoms with van der Waals surface area (Å²) in [5, 5.41) is 0. The minimum absolute atomic E-state index is 0.0810. The topological polar surface area (TPSA) is 0 Å². The molecule has 1 fully saturated rings. The van der Waals surface area contributed by atoms with E-state index in [1.54, 1.807) is 0 Å². The molecule has 3 heteroatoms. The number of aryl methyl sites for hydroxylation is 2. The van der Waals surface area contributed by atoms with Crippen LogP contribution in [0.15, 0.2) is 42.5 Å². The normalized spacial score (nSPS) is 14.9. The molecule has 0 radical (unpaired) electrons. The molecular weight excluding hydrogens is 346 g/mol. The third-order valence-electron chi connectivity index (χ3n) is 5.53. The van der Waals surface area contributed by atoms with Gasteiger partial charge in [0.25, 0.3) is 0 Å². The van der Waals surface area contributed by atoms with Crippen LogP contribution < -0.4 is 0 Å². The van der Waals surface area contributed by atoms with Gasteiger partial charge >= 0.3 is 0 Å². The van der Waals surface area contributed by atoms with Crippen LogP contribution in [0.1, 0.15) is 47.6 Å². The summed E-state index contributed by atoms with van der Waals surface area (Å²) in [5.74, 6) is -0.354. The van der Waals surface area contributed by atoms with Crippen molar-refractivity contribution in [1.82, 2.24) is 0 Å². The molecule has 2 aromatic carbocycles. The molecule has 134 valence electrons. The molecule has 3 aromatic rings. The van der Waals surface area contributed by atoms with Crippen LogP contribution in [-0.4, -0.2) is 0 Å². The summed E-state index contributed by atoms with van der Waals surface area (Å²) >= 11 is 1.43. The second kappa shape index (κ2) is 6.96. The van der Waals surface area contributed by atoms with Gasteiger partial charge in [-0.05, 0) is 73.1 Å². The number of hydrogen-bond donors (Lipinski definition) is 0. The molecule has 4 rings (SSSR count). The van der Waals surface area contributed by atoms with Crippen LogP contribution in [0.25, 0.3) is 21.6 Å². The third kappa shape index (κ3) is 3.21. The Balaban J connectivity index is 1.67. The molecule has 0 unspecified atom stereocenters. The van der Waals surface area contributed by atoms with Gasteiger partial charge in [0, 0.05) is 9.75 Å². The van der Waals surface area contributed by atoms with E-state index >= 15 is 0 Å². The van der Waals surface area contributed by atoms with E-state index in [0.717, 1.165) is 16.0 Å². The van der Waals surface area contributed by atoms with E-state index in [4.69, 9.17) is 0 Å². The molecule has 1 heterocycles. The Kier molecular flexibility index (Phi) is 4.66. The molecule has 1 saturated carbocycles. The largest absolute Gasteiger partial charge is 0.206 e. The maximum absolute atomic E-state index is 14.7. The zero-order valence-electron chi connectivity index (χ0n) is 15.1. The number of thiophene rings is 1. The lowest BCUT2D eigenvalue weighted by Gasteiger charge is -2.11. The van der Waals surface area contributed by atoms with Gasteiger partial charge < -0.3 is 0 Å². The second-order valence-corrected chi connectivity index (χ2v) is 8.52. The molecule has 0 bridgehead atoms. The van der Waals surface area contributed by atoms with Crippen molar-refractivity contribution >= 4 is 11.3 Å². The van der Waals surface area contributed by atoms with Crippen molar-refractivity contribution in [1.29, 1.82) is 0 Å². The fourth-order valence-electron chi connectivity index (χ4n) is 3.88. The van der Waals surface area contributed by atoms with Crippen molar-refractivity contribution in [2.45, 2.75) is 45.4 Å². The van der Waals surface area contributed by atoms with Crippen molar-refractivity contribution in [2.75, 3.05) is 0 Å². The summed E-state index contributed by atoms with van der Waals surface area (Å²) in [6, 6.07) is 13.0. The Morgan fingerprint density at radius 3 is 2.00 bits per heavy atom. The Bertz CT molecular complexity index is 889. The van der Waals surface area contributed by atoms with Crippen LogP contribution >= 0.6 is 11.3 Å². The quantitative estimate of drug-likeness (QED) is 0.446. The first-order chi connectivity index (χ1) is 12.5. The highest BCUT2D eigenvalue weighted by atomic mass is 32.1. The Morgan fingerprint density at radius 2 is 1.46 bits per heavy atom. The van der Waals surface area contributed by atoms with Gasteiger partial charge in [-0.25, -0.2) is 8.78 Å². The summed E-state index contributed by atoms with van der Waals surface area (Å²) < 4.78 is 29.4. The van der Waals surface area contributed by atoms with E-state index in [2.05, 4.69) is 12.1 Å². The van der Waals surface area contributed by atoms with Gasteiger partial charge in [0.1, 0.15) is 11.6 Å². The van der Waals surface area contributed by atoms with Crippen molar-refractivity contribution < 1.29 is 8.78 Å². The van der Waals surface area contributed by atoms with E-state index in [1.165, 1.54) is 54.7 Å². The molecule has 1 aliphatic rings. The molecule has 0 amide bonds. The minimum Gasteiger partial charge on any atom is -0.206 e. The van der Waals surface area contributed by atoms with E-state index in [-0.39, 0.29) is 5.56 Å². The highest BCUT2D eigenvalue weighted by Gasteiger charge is 2.18. The lowest BCUT2D eigenvalue weighted by molar-refractivity contribution is 0.591. The summed E-state index contributed by atoms with van der Waals surface area (Å²) in [6.45, 7) is 3.94. The molecule has 0 nitrogen and oxygen atoms in total. The van der Waals surface area contributed by atoms with E-state index in [9.17, 15) is 8.78 Å². The Labute approximate surface area is 157 Å². The van der Waals surface area contributed by atoms with Crippen LogP contribution in [0, 0.1) is 25.5 Å². The monoisotopic (exact) mass is 368 g/mol. The second-order valence-electron chi connectivity index (χ2n) is 7.27. The number of rotatable bonds is 3. The smallest absolute Gasteiger partial charge is 0.135 e. The molecule has 0 spiro atoms. The highest BCUT2D eigenvalue weighted by Crippen LogP contribution is 2.38. The first-order valence-corrected chi connectivity index (χ1v) is 10.0. The van der Waals surface area contributed by atoms with Crippen LogP contribution in [0.4, 0.5) is 8.78 Å². The van der Waals surface area contributed by atoms with Gasteiger partial charge in [0.05, 0.1) is 5.56 Å². The fraction of sp³-hybridized carbons (Fsp3) is 0.304. The summed E-state index contributed by atoms with van der Waals surface area (Å²) in [5.41, 5.74) is 3.93. The number of benzene rings is 2. The van der Waals surface area contributed by atoms with Crippen LogP contribution in [-0.2, 0) is 0 Å². The summed E-state index contributed by atoms with van der Waals surface area (Å²) in [4.78, 5) is 1.74. The van der Waals surface area contributed by atoms with Crippen molar-refractivity contribution in [3.8, 4) is 21.6 Å². The molecule has 1 aliphatic carbocycles. The summed E-state index contributed by atoms with van der Waals surface area (Å²) in [7, 11) is 0. The predicted octanol–water partition coefficient (Wildman–Crippen LogP) is 7.63. The SMILES string of the molecule is Cc1cc(-c2c(F)cc(-c3ccc(C4CCCC4)cc3)cc2F)sc1C. The molecular formula is C23H22F2S. The Hall–Kier alpha value is -2.00. The van der Waals surface area contributed by atoms with Gasteiger partial charge in [0.15, 0.2) is 0 Å². The van der Waals surface area contributed by atoms with Crippen LogP contribution in [0.5, 0.6) is 0 Å². The molecule has 0 aliphatic heterocycles. The lowest BCUT2D eigenvalue weighted by Crippen LogP contribution is -1.93. The van der Waals surface area contributed by atoms with Crippen molar-refractivity contribution in [3.05, 3.63) is 70.1 Å². The predicted molar refractivity (Wildman–Crippen MR) is 106 cm³/mol. The number of hydrogen-bond acceptors (Lipinski definition) is 1. The summed E-state index contributed by atoms with van der Waals surface area (Å²) in [6.07, 6.45) is 5.09. The minimum atomic E-state index is -0.499. The molecule has 0 N–H and O–H groups in total. The maximum Gasteiger partial charge on any atom is 0.135 e. The van der Waals surface area contributed by atoms with Gasteiger partial charge in [-0.2, -0.15) is 0 Å². The molecule has 0 saturated heterocycles. The maximum atomic E-state index is 14.7. The molecule has 26 heavy (non-hydrogen) atoms. The van der Waals surface area contributed by atoms with Crippen LogP contribution in [0.2, 0.25) is 0 Å². The fourth-order valence-corrected chi connectivity index (χ4v) is 4.96. The lowest BCUT2D eigenvalue weighted by atomic mass is 9.94. The van der Waals surface area contributed by atoms with E-state index in [0.29, 0.717) is 16.4 Å². The average molecular weight is 368 g/mol. The van der Waals surface area contributed by atoms with Crippen molar-refractivity contribution in [3.63, 3.8) is 0 Å². The van der Waals surface area contributed by atoms with E-state index < -0.39 is 11.6 Å². The van der Waals surface area contributed by atoms with Gasteiger partial charge in [-0.1, -0.05) is 37.1 Å². The van der Waals surface area contributed by atoms with Gasteiger partial charge in [-0.15, -0.1) is 11.3 Å². The third-order valence-corrected chi connectivity index (χ3v) is 6.70. The number of halogens is 2. The van der Waals surface area contributed by atoms with E-state index in [1.807, 2.05) is 32.0 Å². The van der Waals surface area contributed by atoms with Gasteiger partial charge in [0.2, 0.25) is 0 Å². The van der Waals surface area contributed by atoms with Gasteiger partial charge in [-0.3, -0.25) is 0 Å². The van der Waals surface area contributed by atoms with Crippen molar-refractivity contribution in [2.24, 2.45) is 0 Å². The standard InChI is InChI=1S/C23H22F2S/c1-14-11-22(26-15(14)2)23-20(24)12-19(13-21(23)25)18-9-7-17(8-10-18)16-5-3-4-6-16/h7-13,16H,3-6H2,1-2H3. The molecule has 1 aromatic heterocycles. The zero-order chi connectivity index (χ0) is 18.3. The first-order valence-electron chi connectivity index (χ1n) is 9.19. The first kappa shape index (κ1) is 17.4. The highest BCUT2D eigenvalue weighted by molar-refractivity contribution is 7.15. The average Bonchev–Trinajstić information content (AvgIpc) is 3.25. The molecule has 0 atom stereocenters.